The van der Waals surface area contributed by atoms with Crippen molar-refractivity contribution in [2.45, 2.75) is 36.0 Å². The molecule has 1 aromatic rings. The highest BCUT2D eigenvalue weighted by Crippen LogP contribution is 2.33. The Morgan fingerprint density at radius 2 is 1.67 bits per heavy atom. The lowest BCUT2D eigenvalue weighted by atomic mass is 9.89. The zero-order valence-electron chi connectivity index (χ0n) is 11.1. The van der Waals surface area contributed by atoms with Crippen LogP contribution in [0.4, 0.5) is 0 Å². The molecular weight excluding hydrogens is 420 g/mol. The summed E-state index contributed by atoms with van der Waals surface area (Å²) >= 11 is 21.3. The Morgan fingerprint density at radius 1 is 1.14 bits per heavy atom. The summed E-state index contributed by atoms with van der Waals surface area (Å²) in [6.45, 7) is 0.384. The molecule has 1 aliphatic carbocycles. The zero-order chi connectivity index (χ0) is 15.6. The van der Waals surface area contributed by atoms with Crippen molar-refractivity contribution >= 4 is 60.8 Å². The molecule has 0 saturated heterocycles. The maximum atomic E-state index is 12.4. The summed E-state index contributed by atoms with van der Waals surface area (Å²) in [6, 6.07) is 3.03. The van der Waals surface area contributed by atoms with Crippen molar-refractivity contribution in [2.24, 2.45) is 5.92 Å². The number of rotatable bonds is 4. The van der Waals surface area contributed by atoms with Gasteiger partial charge in [-0.15, -0.1) is 11.6 Å². The van der Waals surface area contributed by atoms with Crippen molar-refractivity contribution in [3.8, 4) is 0 Å². The predicted molar refractivity (Wildman–Crippen MR) is 90.9 cm³/mol. The first-order chi connectivity index (χ1) is 9.79. The number of halogens is 4. The fourth-order valence-electron chi connectivity index (χ4n) is 2.41. The second kappa shape index (κ2) is 7.37. The predicted octanol–water partition coefficient (Wildman–Crippen LogP) is 4.83. The molecule has 118 valence electrons. The van der Waals surface area contributed by atoms with Gasteiger partial charge in [0.05, 0.1) is 10.0 Å². The maximum absolute atomic E-state index is 12.4. The molecular formula is C13H15BrCl3NO2S. The van der Waals surface area contributed by atoms with Gasteiger partial charge in [0.1, 0.15) is 4.90 Å². The van der Waals surface area contributed by atoms with Crippen LogP contribution in [0.5, 0.6) is 0 Å². The SMILES string of the molecule is O=S(=O)(NCC1CCC(Cl)CC1)c1c(Cl)cc(Br)cc1Cl. The standard InChI is InChI=1S/C13H15BrCl3NO2S/c14-9-5-11(16)13(12(17)6-9)21(19,20)18-7-8-1-3-10(15)4-2-8/h5-6,8,10,18H,1-4,7H2. The highest BCUT2D eigenvalue weighted by Gasteiger charge is 2.25. The van der Waals surface area contributed by atoms with E-state index in [2.05, 4.69) is 20.7 Å². The zero-order valence-corrected chi connectivity index (χ0v) is 15.8. The van der Waals surface area contributed by atoms with Crippen LogP contribution >= 0.6 is 50.7 Å². The van der Waals surface area contributed by atoms with Gasteiger partial charge in [-0.2, -0.15) is 0 Å². The average molecular weight is 436 g/mol. The number of benzene rings is 1. The minimum absolute atomic E-state index is 0.0694. The molecule has 0 amide bonds. The van der Waals surface area contributed by atoms with Crippen LogP contribution in [0.3, 0.4) is 0 Å². The Morgan fingerprint density at radius 3 is 2.19 bits per heavy atom. The van der Waals surface area contributed by atoms with Crippen LogP contribution in [0.25, 0.3) is 0 Å². The highest BCUT2D eigenvalue weighted by molar-refractivity contribution is 9.10. The van der Waals surface area contributed by atoms with Gasteiger partial charge < -0.3 is 0 Å². The van der Waals surface area contributed by atoms with E-state index >= 15 is 0 Å². The van der Waals surface area contributed by atoms with E-state index in [9.17, 15) is 8.42 Å². The molecule has 2 rings (SSSR count). The van der Waals surface area contributed by atoms with Crippen LogP contribution in [0.15, 0.2) is 21.5 Å². The molecule has 1 N–H and O–H groups in total. The summed E-state index contributed by atoms with van der Waals surface area (Å²) in [7, 11) is -3.72. The Kier molecular flexibility index (Phi) is 6.25. The van der Waals surface area contributed by atoms with Crippen molar-refractivity contribution in [2.75, 3.05) is 6.54 Å². The van der Waals surface area contributed by atoms with Crippen molar-refractivity contribution in [3.05, 3.63) is 26.7 Å². The number of alkyl halides is 1. The van der Waals surface area contributed by atoms with Crippen molar-refractivity contribution in [3.63, 3.8) is 0 Å². The smallest absolute Gasteiger partial charge is 0.211 e. The third-order valence-corrected chi connectivity index (χ3v) is 6.81. The first kappa shape index (κ1) is 17.8. The Bertz CT molecular complexity index is 593. The first-order valence-corrected chi connectivity index (χ1v) is 10.0. The molecule has 0 atom stereocenters. The van der Waals surface area contributed by atoms with Crippen LogP contribution in [0, 0.1) is 5.92 Å². The second-order valence-corrected chi connectivity index (χ2v) is 9.22. The summed E-state index contributed by atoms with van der Waals surface area (Å²) in [5.74, 6) is 0.308. The van der Waals surface area contributed by atoms with Gasteiger partial charge in [0, 0.05) is 16.4 Å². The van der Waals surface area contributed by atoms with Gasteiger partial charge in [-0.1, -0.05) is 39.1 Å². The van der Waals surface area contributed by atoms with Crippen LogP contribution in [-0.2, 0) is 10.0 Å². The molecule has 0 spiro atoms. The summed E-state index contributed by atoms with van der Waals surface area (Å²) in [6.07, 6.45) is 3.71. The normalized spacial score (nSPS) is 23.2. The fraction of sp³-hybridized carbons (Fsp3) is 0.538. The number of hydrogen-bond donors (Lipinski definition) is 1. The van der Waals surface area contributed by atoms with Crippen LogP contribution in [-0.4, -0.2) is 20.3 Å². The van der Waals surface area contributed by atoms with E-state index in [0.717, 1.165) is 25.7 Å². The molecule has 0 aliphatic heterocycles. The molecule has 8 heteroatoms. The van der Waals surface area contributed by atoms with Crippen molar-refractivity contribution < 1.29 is 8.42 Å². The molecule has 1 aromatic carbocycles. The van der Waals surface area contributed by atoms with Crippen LogP contribution < -0.4 is 4.72 Å². The minimum Gasteiger partial charge on any atom is -0.211 e. The third kappa shape index (κ3) is 4.72. The Hall–Kier alpha value is 0.480. The van der Waals surface area contributed by atoms with Gasteiger partial charge in [-0.05, 0) is 43.7 Å². The van der Waals surface area contributed by atoms with E-state index in [4.69, 9.17) is 34.8 Å². The lowest BCUT2D eigenvalue weighted by Gasteiger charge is -2.25. The summed E-state index contributed by atoms with van der Waals surface area (Å²) in [5, 5.41) is 0.422. The van der Waals surface area contributed by atoms with Gasteiger partial charge in [0.25, 0.3) is 0 Å². The highest BCUT2D eigenvalue weighted by atomic mass is 79.9. The summed E-state index contributed by atoms with van der Waals surface area (Å²) < 4.78 is 28.0. The van der Waals surface area contributed by atoms with Gasteiger partial charge in [-0.3, -0.25) is 0 Å². The molecule has 0 unspecified atom stereocenters. The van der Waals surface area contributed by atoms with Crippen molar-refractivity contribution in [1.82, 2.24) is 4.72 Å². The molecule has 1 fully saturated rings. The monoisotopic (exact) mass is 433 g/mol. The largest absolute Gasteiger partial charge is 0.243 e. The fourth-order valence-corrected chi connectivity index (χ4v) is 5.71. The van der Waals surface area contributed by atoms with Gasteiger partial charge in [-0.25, -0.2) is 13.1 Å². The number of sulfonamides is 1. The van der Waals surface area contributed by atoms with E-state index in [1.165, 1.54) is 12.1 Å². The number of nitrogens with one attached hydrogen (secondary N) is 1. The van der Waals surface area contributed by atoms with Gasteiger partial charge in [0.15, 0.2) is 0 Å². The van der Waals surface area contributed by atoms with E-state index in [0.29, 0.717) is 16.9 Å². The Labute approximate surface area is 148 Å². The van der Waals surface area contributed by atoms with E-state index < -0.39 is 10.0 Å². The molecule has 0 heterocycles. The molecule has 0 bridgehead atoms. The first-order valence-electron chi connectivity index (χ1n) is 6.58. The van der Waals surface area contributed by atoms with E-state index in [1.807, 2.05) is 0 Å². The quantitative estimate of drug-likeness (QED) is 0.689. The lowest BCUT2D eigenvalue weighted by molar-refractivity contribution is 0.361. The Balaban J connectivity index is 2.09. The molecule has 0 radical (unpaired) electrons. The molecule has 3 nitrogen and oxygen atoms in total. The average Bonchev–Trinajstić information content (AvgIpc) is 2.36. The van der Waals surface area contributed by atoms with Gasteiger partial charge in [0.2, 0.25) is 10.0 Å². The minimum atomic E-state index is -3.72. The third-order valence-electron chi connectivity index (χ3n) is 3.57. The maximum Gasteiger partial charge on any atom is 0.243 e. The van der Waals surface area contributed by atoms with Crippen molar-refractivity contribution in [1.29, 1.82) is 0 Å². The summed E-state index contributed by atoms with van der Waals surface area (Å²) in [5.41, 5.74) is 0. The molecule has 1 saturated carbocycles. The second-order valence-electron chi connectivity index (χ2n) is 5.17. The van der Waals surface area contributed by atoms with E-state index in [-0.39, 0.29) is 20.3 Å². The molecule has 21 heavy (non-hydrogen) atoms. The molecule has 0 aromatic heterocycles. The topological polar surface area (TPSA) is 46.2 Å². The van der Waals surface area contributed by atoms with Gasteiger partial charge >= 0.3 is 0 Å². The number of hydrogen-bond acceptors (Lipinski definition) is 2. The van der Waals surface area contributed by atoms with Crippen LogP contribution in [0.1, 0.15) is 25.7 Å². The molecule has 1 aliphatic rings. The van der Waals surface area contributed by atoms with Crippen LogP contribution in [0.2, 0.25) is 10.0 Å². The lowest BCUT2D eigenvalue weighted by Crippen LogP contribution is -2.31. The summed E-state index contributed by atoms with van der Waals surface area (Å²) in [4.78, 5) is -0.0694. The van der Waals surface area contributed by atoms with E-state index in [1.54, 1.807) is 0 Å².